The van der Waals surface area contributed by atoms with Crippen LogP contribution in [0.3, 0.4) is 0 Å². The summed E-state index contributed by atoms with van der Waals surface area (Å²) < 4.78 is 4.74. The van der Waals surface area contributed by atoms with E-state index in [0.29, 0.717) is 10.7 Å². The van der Waals surface area contributed by atoms with E-state index < -0.39 is 5.97 Å². The molecule has 0 aliphatic carbocycles. The van der Waals surface area contributed by atoms with E-state index >= 15 is 0 Å². The summed E-state index contributed by atoms with van der Waals surface area (Å²) in [5.74, 6) is -0.945. The second-order valence-corrected chi connectivity index (χ2v) is 5.89. The third-order valence-electron chi connectivity index (χ3n) is 3.65. The van der Waals surface area contributed by atoms with Crippen molar-refractivity contribution in [3.05, 3.63) is 34.5 Å². The van der Waals surface area contributed by atoms with E-state index in [-0.39, 0.29) is 36.9 Å². The third kappa shape index (κ3) is 3.63. The van der Waals surface area contributed by atoms with Crippen molar-refractivity contribution in [1.29, 1.82) is 0 Å². The first-order valence-corrected chi connectivity index (χ1v) is 7.72. The first-order chi connectivity index (χ1) is 11.4. The molecule has 1 heterocycles. The molecule has 0 atom stereocenters. The fourth-order valence-corrected chi connectivity index (χ4v) is 2.79. The van der Waals surface area contributed by atoms with Crippen molar-refractivity contribution in [1.82, 2.24) is 4.90 Å². The maximum Gasteiger partial charge on any atom is 0.337 e. The molecule has 0 spiro atoms. The maximum atomic E-state index is 12.4. The maximum absolute atomic E-state index is 12.4. The Labute approximate surface area is 145 Å². The molecular weight excluding hydrogens is 334 g/mol. The summed E-state index contributed by atoms with van der Waals surface area (Å²) in [5, 5.41) is 12.5. The minimum absolute atomic E-state index is 0.0952. The molecule has 8 heteroatoms. The second kappa shape index (κ2) is 7.55. The second-order valence-electron chi connectivity index (χ2n) is 5.48. The van der Waals surface area contributed by atoms with Crippen molar-refractivity contribution < 1.29 is 19.4 Å². The zero-order valence-corrected chi connectivity index (χ0v) is 14.6. The zero-order chi connectivity index (χ0) is 17.9. The van der Waals surface area contributed by atoms with Gasteiger partial charge in [0.2, 0.25) is 0 Å². The normalized spacial score (nSPS) is 14.2. The van der Waals surface area contributed by atoms with Gasteiger partial charge in [-0.05, 0) is 18.2 Å². The molecule has 1 aliphatic heterocycles. The highest BCUT2D eigenvalue weighted by molar-refractivity contribution is 6.33. The standard InChI is InChI=1S/C16H20ClN3O4/c1-19(2)13-5-4-10(8-12(13)17)18-14-11(16(23)24-3)9-20(6-7-21)15(14)22/h4-5,8,18,21H,6-7,9H2,1-3H3. The van der Waals surface area contributed by atoms with E-state index in [0.717, 1.165) is 5.69 Å². The molecule has 24 heavy (non-hydrogen) atoms. The SMILES string of the molecule is COC(=O)C1=C(Nc2ccc(N(C)C)c(Cl)c2)C(=O)N(CCO)C1. The van der Waals surface area contributed by atoms with Crippen LogP contribution in [0.1, 0.15) is 0 Å². The van der Waals surface area contributed by atoms with Crippen LogP contribution in [-0.2, 0) is 14.3 Å². The molecule has 1 amide bonds. The fraction of sp³-hybridized carbons (Fsp3) is 0.375. The largest absolute Gasteiger partial charge is 0.466 e. The van der Waals surface area contributed by atoms with E-state index in [2.05, 4.69) is 5.32 Å². The lowest BCUT2D eigenvalue weighted by Crippen LogP contribution is -2.31. The summed E-state index contributed by atoms with van der Waals surface area (Å²) in [7, 11) is 5.01. The number of β-amino-alcohol motifs (C(OH)–C–C–N with tert-alkyl or cyclic N) is 1. The van der Waals surface area contributed by atoms with Crippen LogP contribution in [0.4, 0.5) is 11.4 Å². The predicted octanol–water partition coefficient (Wildman–Crippen LogP) is 1.08. The Bertz CT molecular complexity index is 688. The van der Waals surface area contributed by atoms with Gasteiger partial charge in [-0.3, -0.25) is 4.79 Å². The Morgan fingerprint density at radius 1 is 1.46 bits per heavy atom. The quantitative estimate of drug-likeness (QED) is 0.745. The minimum Gasteiger partial charge on any atom is -0.466 e. The molecule has 2 rings (SSSR count). The Balaban J connectivity index is 2.31. The van der Waals surface area contributed by atoms with Crippen LogP contribution in [0.2, 0.25) is 5.02 Å². The number of aliphatic hydroxyl groups is 1. The molecule has 1 aromatic carbocycles. The molecule has 0 radical (unpaired) electrons. The zero-order valence-electron chi connectivity index (χ0n) is 13.8. The van der Waals surface area contributed by atoms with Gasteiger partial charge in [-0.2, -0.15) is 0 Å². The van der Waals surface area contributed by atoms with Crippen LogP contribution in [0.15, 0.2) is 29.5 Å². The monoisotopic (exact) mass is 353 g/mol. The summed E-state index contributed by atoms with van der Waals surface area (Å²) >= 11 is 6.23. The Morgan fingerprint density at radius 2 is 2.17 bits per heavy atom. The van der Waals surface area contributed by atoms with Crippen LogP contribution >= 0.6 is 11.6 Å². The van der Waals surface area contributed by atoms with E-state index in [1.807, 2.05) is 25.1 Å². The molecule has 0 aromatic heterocycles. The minimum atomic E-state index is -0.581. The van der Waals surface area contributed by atoms with Crippen molar-refractivity contribution in [2.45, 2.75) is 0 Å². The first kappa shape index (κ1) is 18.1. The van der Waals surface area contributed by atoms with Gasteiger partial charge in [-0.25, -0.2) is 4.79 Å². The number of amides is 1. The number of rotatable bonds is 6. The van der Waals surface area contributed by atoms with E-state index in [1.54, 1.807) is 12.1 Å². The average Bonchev–Trinajstić information content (AvgIpc) is 2.84. The molecule has 0 unspecified atom stereocenters. The van der Waals surface area contributed by atoms with Crippen LogP contribution in [-0.4, -0.2) is 62.8 Å². The number of esters is 1. The van der Waals surface area contributed by atoms with Gasteiger partial charge in [0.25, 0.3) is 5.91 Å². The summed E-state index contributed by atoms with van der Waals surface area (Å²) in [6, 6.07) is 5.26. The molecule has 1 aliphatic rings. The molecular formula is C16H20ClN3O4. The van der Waals surface area contributed by atoms with Gasteiger partial charge >= 0.3 is 5.97 Å². The molecule has 0 fully saturated rings. The van der Waals surface area contributed by atoms with Crippen molar-refractivity contribution >= 4 is 34.9 Å². The van der Waals surface area contributed by atoms with Gasteiger partial charge in [0.15, 0.2) is 0 Å². The summed E-state index contributed by atoms with van der Waals surface area (Å²) in [6.45, 7) is 0.0551. The Morgan fingerprint density at radius 3 is 2.71 bits per heavy atom. The molecule has 2 N–H and O–H groups in total. The molecule has 130 valence electrons. The third-order valence-corrected chi connectivity index (χ3v) is 3.96. The van der Waals surface area contributed by atoms with Crippen LogP contribution < -0.4 is 10.2 Å². The van der Waals surface area contributed by atoms with Crippen molar-refractivity contribution in [3.63, 3.8) is 0 Å². The van der Waals surface area contributed by atoms with E-state index in [9.17, 15) is 9.59 Å². The number of carbonyl (C=O) groups excluding carboxylic acids is 2. The summed E-state index contributed by atoms with van der Waals surface area (Å²) in [6.07, 6.45) is 0. The number of hydrogen-bond donors (Lipinski definition) is 2. The van der Waals surface area contributed by atoms with E-state index in [4.69, 9.17) is 21.4 Å². The first-order valence-electron chi connectivity index (χ1n) is 7.34. The topological polar surface area (TPSA) is 82.1 Å². The van der Waals surface area contributed by atoms with Gasteiger partial charge in [-0.1, -0.05) is 11.6 Å². The number of nitrogens with one attached hydrogen (secondary N) is 1. The molecule has 0 bridgehead atoms. The lowest BCUT2D eigenvalue weighted by atomic mass is 10.2. The highest BCUT2D eigenvalue weighted by Gasteiger charge is 2.34. The number of anilines is 2. The fourth-order valence-electron chi connectivity index (χ4n) is 2.44. The number of hydrogen-bond acceptors (Lipinski definition) is 6. The van der Waals surface area contributed by atoms with Gasteiger partial charge in [0.1, 0.15) is 5.70 Å². The molecule has 0 saturated heterocycles. The van der Waals surface area contributed by atoms with Gasteiger partial charge < -0.3 is 25.0 Å². The lowest BCUT2D eigenvalue weighted by molar-refractivity contribution is -0.136. The molecule has 1 aromatic rings. The number of aliphatic hydroxyl groups excluding tert-OH is 1. The van der Waals surface area contributed by atoms with Gasteiger partial charge in [-0.15, -0.1) is 0 Å². The van der Waals surface area contributed by atoms with Crippen LogP contribution in [0.25, 0.3) is 0 Å². The molecule has 7 nitrogen and oxygen atoms in total. The van der Waals surface area contributed by atoms with Crippen LogP contribution in [0, 0.1) is 0 Å². The smallest absolute Gasteiger partial charge is 0.337 e. The van der Waals surface area contributed by atoms with Gasteiger partial charge in [0, 0.05) is 26.3 Å². The van der Waals surface area contributed by atoms with E-state index in [1.165, 1.54) is 12.0 Å². The van der Waals surface area contributed by atoms with Gasteiger partial charge in [0.05, 0.1) is 36.5 Å². The number of methoxy groups -OCH3 is 1. The van der Waals surface area contributed by atoms with Crippen molar-refractivity contribution in [2.75, 3.05) is 51.1 Å². The summed E-state index contributed by atoms with van der Waals surface area (Å²) in [5.41, 5.74) is 1.79. The highest BCUT2D eigenvalue weighted by atomic mass is 35.5. The molecule has 0 saturated carbocycles. The lowest BCUT2D eigenvalue weighted by Gasteiger charge is -2.17. The average molecular weight is 354 g/mol. The predicted molar refractivity (Wildman–Crippen MR) is 92.1 cm³/mol. The number of benzene rings is 1. The Kier molecular flexibility index (Phi) is 5.69. The number of nitrogens with zero attached hydrogens (tertiary/aromatic N) is 2. The number of ether oxygens (including phenoxy) is 1. The number of carbonyl (C=O) groups is 2. The van der Waals surface area contributed by atoms with Crippen LogP contribution in [0.5, 0.6) is 0 Å². The van der Waals surface area contributed by atoms with Crippen molar-refractivity contribution in [2.24, 2.45) is 0 Å². The van der Waals surface area contributed by atoms with Crippen molar-refractivity contribution in [3.8, 4) is 0 Å². The number of halogens is 1. The summed E-state index contributed by atoms with van der Waals surface area (Å²) in [4.78, 5) is 27.6. The Hall–Kier alpha value is -2.25. The highest BCUT2D eigenvalue weighted by Crippen LogP contribution is 2.29.